The quantitative estimate of drug-likeness (QED) is 0.778. The lowest BCUT2D eigenvalue weighted by Crippen LogP contribution is -2.20. The first-order valence-corrected chi connectivity index (χ1v) is 5.33. The first kappa shape index (κ1) is 12.5. The normalized spacial score (nSPS) is 9.68. The van der Waals surface area contributed by atoms with E-state index in [0.717, 1.165) is 0 Å². The summed E-state index contributed by atoms with van der Waals surface area (Å²) >= 11 is 0. The molecule has 2 rings (SSSR count). The van der Waals surface area contributed by atoms with Gasteiger partial charge in [-0.3, -0.25) is 5.32 Å². The van der Waals surface area contributed by atoms with E-state index in [1.165, 1.54) is 30.6 Å². The lowest BCUT2D eigenvalue weighted by atomic mass is 10.2. The number of aromatic nitrogens is 2. The van der Waals surface area contributed by atoms with Gasteiger partial charge in [-0.15, -0.1) is 0 Å². The highest BCUT2D eigenvalue weighted by Crippen LogP contribution is 2.11. The number of amides is 2. The predicted molar refractivity (Wildman–Crippen MR) is 68.1 cm³/mol. The number of carboxylic acids is 1. The third-order valence-electron chi connectivity index (χ3n) is 2.16. The second-order valence-corrected chi connectivity index (χ2v) is 3.54. The molecular weight excluding hydrogens is 248 g/mol. The molecule has 1 heterocycles. The van der Waals surface area contributed by atoms with Gasteiger partial charge in [-0.25, -0.2) is 19.6 Å². The van der Waals surface area contributed by atoms with Gasteiger partial charge in [0, 0.05) is 18.1 Å². The molecule has 0 atom stereocenters. The van der Waals surface area contributed by atoms with Crippen LogP contribution in [0.15, 0.2) is 42.7 Å². The Labute approximate surface area is 108 Å². The second-order valence-electron chi connectivity index (χ2n) is 3.54. The number of aromatic carboxylic acids is 1. The van der Waals surface area contributed by atoms with Crippen molar-refractivity contribution in [2.24, 2.45) is 0 Å². The van der Waals surface area contributed by atoms with Crippen molar-refractivity contribution in [3.8, 4) is 0 Å². The molecule has 7 heteroatoms. The van der Waals surface area contributed by atoms with E-state index in [1.54, 1.807) is 12.1 Å². The first-order chi connectivity index (χ1) is 9.15. The van der Waals surface area contributed by atoms with Crippen molar-refractivity contribution in [3.05, 3.63) is 48.3 Å². The highest BCUT2D eigenvalue weighted by atomic mass is 16.4. The third kappa shape index (κ3) is 3.50. The van der Waals surface area contributed by atoms with Crippen LogP contribution in [0.1, 0.15) is 10.4 Å². The SMILES string of the molecule is O=C(Nc1cccc(C(=O)O)c1)Nc1ncccn1. The van der Waals surface area contributed by atoms with Crippen LogP contribution in [0.3, 0.4) is 0 Å². The van der Waals surface area contributed by atoms with Crippen LogP contribution in [-0.2, 0) is 0 Å². The van der Waals surface area contributed by atoms with Crippen molar-refractivity contribution >= 4 is 23.6 Å². The zero-order valence-corrected chi connectivity index (χ0v) is 9.70. The number of nitrogens with one attached hydrogen (secondary N) is 2. The van der Waals surface area contributed by atoms with Gasteiger partial charge in [0.2, 0.25) is 5.95 Å². The summed E-state index contributed by atoms with van der Waals surface area (Å²) in [6.07, 6.45) is 2.99. The Hall–Kier alpha value is -2.96. The molecule has 0 aliphatic carbocycles. The monoisotopic (exact) mass is 258 g/mol. The Bertz CT molecular complexity index is 601. The number of carbonyl (C=O) groups is 2. The van der Waals surface area contributed by atoms with Gasteiger partial charge in [0.05, 0.1) is 5.56 Å². The standard InChI is InChI=1S/C12H10N4O3/c17-10(18)8-3-1-4-9(7-8)15-12(19)16-11-13-5-2-6-14-11/h1-7H,(H,17,18)(H2,13,14,15,16,19). The highest BCUT2D eigenvalue weighted by molar-refractivity contribution is 5.99. The number of hydrogen-bond acceptors (Lipinski definition) is 4. The molecule has 0 radical (unpaired) electrons. The molecule has 0 saturated heterocycles. The summed E-state index contributed by atoms with van der Waals surface area (Å²) in [6, 6.07) is 6.99. The first-order valence-electron chi connectivity index (χ1n) is 5.33. The summed E-state index contributed by atoms with van der Waals surface area (Å²) < 4.78 is 0. The molecule has 2 aromatic rings. The van der Waals surface area contributed by atoms with Gasteiger partial charge in [-0.2, -0.15) is 0 Å². The molecule has 2 amide bonds. The van der Waals surface area contributed by atoms with Gasteiger partial charge >= 0.3 is 12.0 Å². The summed E-state index contributed by atoms with van der Waals surface area (Å²) in [4.78, 5) is 30.1. The van der Waals surface area contributed by atoms with E-state index in [-0.39, 0.29) is 11.5 Å². The minimum Gasteiger partial charge on any atom is -0.478 e. The van der Waals surface area contributed by atoms with Crippen molar-refractivity contribution in [3.63, 3.8) is 0 Å². The highest BCUT2D eigenvalue weighted by Gasteiger charge is 2.07. The number of nitrogens with zero attached hydrogens (tertiary/aromatic N) is 2. The molecule has 3 N–H and O–H groups in total. The number of carboxylic acid groups (broad SMARTS) is 1. The predicted octanol–water partition coefficient (Wildman–Crippen LogP) is 1.82. The molecule has 1 aromatic carbocycles. The Morgan fingerprint density at radius 1 is 1.05 bits per heavy atom. The van der Waals surface area contributed by atoms with Crippen molar-refractivity contribution in [2.75, 3.05) is 10.6 Å². The van der Waals surface area contributed by atoms with Gasteiger partial charge in [0.25, 0.3) is 0 Å². The average Bonchev–Trinajstić information content (AvgIpc) is 2.40. The molecule has 0 unspecified atom stereocenters. The number of rotatable bonds is 3. The van der Waals surface area contributed by atoms with Gasteiger partial charge in [0.1, 0.15) is 0 Å². The van der Waals surface area contributed by atoms with E-state index in [9.17, 15) is 9.59 Å². The summed E-state index contributed by atoms with van der Waals surface area (Å²) in [5.74, 6) is -0.898. The Morgan fingerprint density at radius 3 is 2.47 bits per heavy atom. The van der Waals surface area contributed by atoms with Crippen LogP contribution in [0, 0.1) is 0 Å². The molecule has 0 fully saturated rings. The molecule has 0 aliphatic heterocycles. The topological polar surface area (TPSA) is 104 Å². The fourth-order valence-electron chi connectivity index (χ4n) is 1.36. The van der Waals surface area contributed by atoms with Crippen molar-refractivity contribution in [1.82, 2.24) is 9.97 Å². The van der Waals surface area contributed by atoms with E-state index >= 15 is 0 Å². The molecule has 96 valence electrons. The smallest absolute Gasteiger partial charge is 0.335 e. The van der Waals surface area contributed by atoms with Crippen molar-refractivity contribution < 1.29 is 14.7 Å². The summed E-state index contributed by atoms with van der Waals surface area (Å²) in [5, 5.41) is 13.7. The molecule has 0 spiro atoms. The molecule has 0 aliphatic rings. The fourth-order valence-corrected chi connectivity index (χ4v) is 1.36. The van der Waals surface area contributed by atoms with Crippen LogP contribution >= 0.6 is 0 Å². The lowest BCUT2D eigenvalue weighted by molar-refractivity contribution is 0.0697. The number of urea groups is 1. The number of anilines is 2. The van der Waals surface area contributed by atoms with Crippen molar-refractivity contribution in [1.29, 1.82) is 0 Å². The lowest BCUT2D eigenvalue weighted by Gasteiger charge is -2.06. The van der Waals surface area contributed by atoms with Crippen LogP contribution in [0.25, 0.3) is 0 Å². The summed E-state index contributed by atoms with van der Waals surface area (Å²) in [5.41, 5.74) is 0.460. The van der Waals surface area contributed by atoms with E-state index in [2.05, 4.69) is 20.6 Å². The Balaban J connectivity index is 2.03. The summed E-state index contributed by atoms with van der Waals surface area (Å²) in [7, 11) is 0. The number of carbonyl (C=O) groups excluding carboxylic acids is 1. The van der Waals surface area contributed by atoms with E-state index < -0.39 is 12.0 Å². The van der Waals surface area contributed by atoms with E-state index in [4.69, 9.17) is 5.11 Å². The summed E-state index contributed by atoms with van der Waals surface area (Å²) in [6.45, 7) is 0. The van der Waals surface area contributed by atoms with Gasteiger partial charge < -0.3 is 10.4 Å². The number of hydrogen-bond donors (Lipinski definition) is 3. The fraction of sp³-hybridized carbons (Fsp3) is 0. The van der Waals surface area contributed by atoms with E-state index in [1.807, 2.05) is 0 Å². The van der Waals surface area contributed by atoms with Gasteiger partial charge in [-0.05, 0) is 24.3 Å². The molecule has 0 saturated carbocycles. The van der Waals surface area contributed by atoms with Crippen LogP contribution in [-0.4, -0.2) is 27.1 Å². The van der Waals surface area contributed by atoms with Crippen LogP contribution < -0.4 is 10.6 Å². The van der Waals surface area contributed by atoms with Crippen molar-refractivity contribution in [2.45, 2.75) is 0 Å². The average molecular weight is 258 g/mol. The third-order valence-corrected chi connectivity index (χ3v) is 2.16. The molecule has 1 aromatic heterocycles. The molecule has 19 heavy (non-hydrogen) atoms. The zero-order valence-electron chi connectivity index (χ0n) is 9.70. The van der Waals surface area contributed by atoms with Gasteiger partial charge in [0.15, 0.2) is 0 Å². The van der Waals surface area contributed by atoms with E-state index in [0.29, 0.717) is 5.69 Å². The maximum Gasteiger partial charge on any atom is 0.335 e. The maximum absolute atomic E-state index is 11.6. The number of benzene rings is 1. The molecule has 0 bridgehead atoms. The second kappa shape index (κ2) is 5.58. The van der Waals surface area contributed by atoms with Crippen LogP contribution in [0.4, 0.5) is 16.4 Å². The van der Waals surface area contributed by atoms with Gasteiger partial charge in [-0.1, -0.05) is 6.07 Å². The molecule has 7 nitrogen and oxygen atoms in total. The minimum absolute atomic E-state index is 0.0914. The Kier molecular flexibility index (Phi) is 3.67. The Morgan fingerprint density at radius 2 is 1.79 bits per heavy atom. The van der Waals surface area contributed by atoms with Crippen LogP contribution in [0.2, 0.25) is 0 Å². The van der Waals surface area contributed by atoms with Crippen LogP contribution in [0.5, 0.6) is 0 Å². The minimum atomic E-state index is -1.06. The maximum atomic E-state index is 11.6. The largest absolute Gasteiger partial charge is 0.478 e. The zero-order chi connectivity index (χ0) is 13.7. The molecular formula is C12H10N4O3.